The van der Waals surface area contributed by atoms with Crippen molar-refractivity contribution in [3.05, 3.63) is 58.0 Å². The van der Waals surface area contributed by atoms with Gasteiger partial charge in [0.15, 0.2) is 11.5 Å². The first-order valence-electron chi connectivity index (χ1n) is 15.7. The number of terminal acetylenes is 1. The molecule has 15 heteroatoms. The minimum Gasteiger partial charge on any atom is -0.479 e. The van der Waals surface area contributed by atoms with Crippen molar-refractivity contribution in [3.8, 4) is 12.3 Å². The van der Waals surface area contributed by atoms with Crippen LogP contribution in [0.4, 0.5) is 16.3 Å². The minimum absolute atomic E-state index is 0.0302. The van der Waals surface area contributed by atoms with E-state index in [1.54, 1.807) is 44.6 Å². The predicted molar refractivity (Wildman–Crippen MR) is 188 cm³/mol. The van der Waals surface area contributed by atoms with E-state index < -0.39 is 23.6 Å². The fourth-order valence-corrected chi connectivity index (χ4v) is 5.75. The summed E-state index contributed by atoms with van der Waals surface area (Å²) in [4.78, 5) is 43.6. The van der Waals surface area contributed by atoms with Crippen molar-refractivity contribution in [1.82, 2.24) is 29.8 Å². The highest BCUT2D eigenvalue weighted by Gasteiger charge is 2.45. The molecule has 0 saturated carbocycles. The lowest BCUT2D eigenvalue weighted by molar-refractivity contribution is -0.174. The number of carbonyl (C=O) groups is 2. The number of carboxylic acids is 1. The Morgan fingerprint density at radius 3 is 2.54 bits per heavy atom. The van der Waals surface area contributed by atoms with Gasteiger partial charge in [0.05, 0.1) is 36.2 Å². The van der Waals surface area contributed by atoms with Gasteiger partial charge in [0.1, 0.15) is 5.52 Å². The van der Waals surface area contributed by atoms with Gasteiger partial charge >= 0.3 is 12.0 Å². The van der Waals surface area contributed by atoms with Crippen molar-refractivity contribution in [2.75, 3.05) is 37.4 Å². The van der Waals surface area contributed by atoms with E-state index in [0.717, 1.165) is 6.42 Å². The number of carboxylic acid groups (broad SMARTS) is 1. The van der Waals surface area contributed by atoms with Crippen LogP contribution >= 0.6 is 22.9 Å². The number of nitrogens with zero attached hydrogens (tertiary/aromatic N) is 6. The van der Waals surface area contributed by atoms with E-state index in [2.05, 4.69) is 45.0 Å². The van der Waals surface area contributed by atoms with Crippen LogP contribution in [-0.2, 0) is 32.8 Å². The van der Waals surface area contributed by atoms with Crippen LogP contribution in [0.2, 0.25) is 5.28 Å². The van der Waals surface area contributed by atoms with Crippen LogP contribution in [0, 0.1) is 18.3 Å². The molecule has 4 aromatic rings. The predicted octanol–water partition coefficient (Wildman–Crippen LogP) is 5.38. The second-order valence-corrected chi connectivity index (χ2v) is 11.7. The van der Waals surface area contributed by atoms with Crippen molar-refractivity contribution in [2.45, 2.75) is 65.2 Å². The molecule has 1 aromatic carbocycles. The van der Waals surface area contributed by atoms with Crippen LogP contribution in [0.25, 0.3) is 11.2 Å². The molecule has 5 rings (SSSR count). The van der Waals surface area contributed by atoms with E-state index >= 15 is 0 Å². The monoisotopic (exact) mass is 698 g/mol. The fraction of sp³-hybridized carbons (Fsp3) is 0.455. The Morgan fingerprint density at radius 2 is 1.96 bits per heavy atom. The SMILES string of the molecule is C#CC(Cn1cnc2c(N)nc(Cl)nc21)C(COC(Cc1ccc(N2CCCNC2=O)cc1)(C(=O)O)c1cscn1)OC.CC.CCC. The van der Waals surface area contributed by atoms with Gasteiger partial charge in [0.2, 0.25) is 10.9 Å². The number of nitrogen functional groups attached to an aromatic ring is 1. The molecule has 1 aliphatic rings. The third-order valence-corrected chi connectivity index (χ3v) is 8.04. The quantitative estimate of drug-likeness (QED) is 0.129. The smallest absolute Gasteiger partial charge is 0.342 e. The van der Waals surface area contributed by atoms with E-state index in [4.69, 9.17) is 33.2 Å². The lowest BCUT2D eigenvalue weighted by atomic mass is 9.91. The number of benzene rings is 1. The van der Waals surface area contributed by atoms with Crippen molar-refractivity contribution >= 4 is 57.6 Å². The highest BCUT2D eigenvalue weighted by Crippen LogP contribution is 2.33. The Morgan fingerprint density at radius 1 is 1.25 bits per heavy atom. The number of nitrogens with one attached hydrogen (secondary N) is 1. The Hall–Kier alpha value is -4.29. The van der Waals surface area contributed by atoms with Crippen molar-refractivity contribution in [2.24, 2.45) is 5.92 Å². The molecule has 1 saturated heterocycles. The zero-order valence-electron chi connectivity index (χ0n) is 27.9. The molecule has 258 valence electrons. The Labute approximate surface area is 289 Å². The van der Waals surface area contributed by atoms with E-state index in [0.29, 0.717) is 35.5 Å². The maximum Gasteiger partial charge on any atom is 0.342 e. The first kappa shape index (κ1) is 38.2. The first-order chi connectivity index (χ1) is 23.2. The van der Waals surface area contributed by atoms with Gasteiger partial charge in [0.25, 0.3) is 0 Å². The highest BCUT2D eigenvalue weighted by molar-refractivity contribution is 7.07. The number of rotatable bonds is 12. The average molecular weight is 699 g/mol. The number of halogens is 1. The van der Waals surface area contributed by atoms with Crippen molar-refractivity contribution < 1.29 is 24.2 Å². The summed E-state index contributed by atoms with van der Waals surface area (Å²) in [5.41, 5.74) is 8.07. The molecule has 0 spiro atoms. The second kappa shape index (κ2) is 18.3. The Balaban J connectivity index is 0.00000118. The average Bonchev–Trinajstić information content (AvgIpc) is 3.77. The maximum absolute atomic E-state index is 12.9. The number of ether oxygens (including phenoxy) is 2. The largest absolute Gasteiger partial charge is 0.479 e. The number of thiazole rings is 1. The van der Waals surface area contributed by atoms with E-state index in [1.807, 2.05) is 13.8 Å². The summed E-state index contributed by atoms with van der Waals surface area (Å²) < 4.78 is 13.6. The van der Waals surface area contributed by atoms with Gasteiger partial charge in [-0.1, -0.05) is 52.2 Å². The molecule has 0 bridgehead atoms. The number of imidazole rings is 1. The number of carbonyl (C=O) groups excluding carboxylic acids is 1. The summed E-state index contributed by atoms with van der Waals surface area (Å²) in [5, 5.41) is 15.0. The number of urea groups is 1. The number of methoxy groups -OCH3 is 1. The summed E-state index contributed by atoms with van der Waals surface area (Å²) in [6.07, 6.45) is 8.77. The molecular formula is C33H43ClN8O5S. The number of hydrogen-bond donors (Lipinski definition) is 3. The van der Waals surface area contributed by atoms with Crippen LogP contribution in [-0.4, -0.2) is 74.5 Å². The number of aliphatic carboxylic acids is 1. The van der Waals surface area contributed by atoms with Crippen molar-refractivity contribution in [1.29, 1.82) is 0 Å². The van der Waals surface area contributed by atoms with Gasteiger partial charge in [-0.2, -0.15) is 9.97 Å². The lowest BCUT2D eigenvalue weighted by Gasteiger charge is -2.32. The van der Waals surface area contributed by atoms with Gasteiger partial charge in [-0.25, -0.2) is 19.6 Å². The first-order valence-corrected chi connectivity index (χ1v) is 17.0. The van der Waals surface area contributed by atoms with Crippen LogP contribution in [0.5, 0.6) is 0 Å². The molecule has 1 fully saturated rings. The standard InChI is InChI=1S/C28H29ClN8O5S.C3H8.C2H6/c1-3-18(12-36-15-32-22-23(30)34-26(29)35-24(22)36)20(41-2)13-42-28(25(38)39,21-14-43-16-33-21)11-17-5-7-19(8-6-17)37-10-4-9-31-27(37)40;1-3-2;1-2/h1,5-8,14-16,18,20H,4,9-13H2,2H3,(H,31,40)(H,38,39)(H2,30,34,35);3H2,1-2H3;1-2H3. The molecule has 0 radical (unpaired) electrons. The molecule has 3 atom stereocenters. The molecule has 4 N–H and O–H groups in total. The normalized spacial score (nSPS) is 15.1. The molecular weight excluding hydrogens is 656 g/mol. The third kappa shape index (κ3) is 8.99. The molecule has 1 aliphatic heterocycles. The van der Waals surface area contributed by atoms with Gasteiger partial charge in [-0.05, 0) is 35.7 Å². The molecule has 4 heterocycles. The van der Waals surface area contributed by atoms with E-state index in [-0.39, 0.29) is 42.4 Å². The Kier molecular flexibility index (Phi) is 14.6. The second-order valence-electron chi connectivity index (χ2n) is 10.6. The summed E-state index contributed by atoms with van der Waals surface area (Å²) in [5.74, 6) is 1.06. The number of hydrogen-bond acceptors (Lipinski definition) is 10. The minimum atomic E-state index is -1.84. The lowest BCUT2D eigenvalue weighted by Crippen LogP contribution is -2.46. The van der Waals surface area contributed by atoms with Gasteiger partial charge < -0.3 is 30.2 Å². The summed E-state index contributed by atoms with van der Waals surface area (Å²) >= 11 is 7.26. The van der Waals surface area contributed by atoms with E-state index in [1.165, 1.54) is 31.2 Å². The molecule has 3 aromatic heterocycles. The van der Waals surface area contributed by atoms with Crippen LogP contribution in [0.1, 0.15) is 51.8 Å². The number of fused-ring (bicyclic) bond motifs is 1. The summed E-state index contributed by atoms with van der Waals surface area (Å²) in [7, 11) is 1.47. The summed E-state index contributed by atoms with van der Waals surface area (Å²) in [6, 6.07) is 6.98. The van der Waals surface area contributed by atoms with Gasteiger partial charge in [-0.3, -0.25) is 4.90 Å². The number of aromatic nitrogens is 5. The number of anilines is 2. The number of amides is 2. The third-order valence-electron chi connectivity index (χ3n) is 7.29. The molecule has 48 heavy (non-hydrogen) atoms. The van der Waals surface area contributed by atoms with Crippen LogP contribution < -0.4 is 16.0 Å². The zero-order chi connectivity index (χ0) is 35.3. The zero-order valence-corrected chi connectivity index (χ0v) is 29.4. The molecule has 0 aliphatic carbocycles. The molecule has 2 amide bonds. The highest BCUT2D eigenvalue weighted by atomic mass is 35.5. The van der Waals surface area contributed by atoms with Gasteiger partial charge in [0, 0.05) is 44.2 Å². The van der Waals surface area contributed by atoms with E-state index in [9.17, 15) is 14.7 Å². The van der Waals surface area contributed by atoms with Crippen LogP contribution in [0.15, 0.2) is 41.5 Å². The Bertz CT molecular complexity index is 1660. The van der Waals surface area contributed by atoms with Crippen LogP contribution in [0.3, 0.4) is 0 Å². The topological polar surface area (TPSA) is 171 Å². The molecule has 13 nitrogen and oxygen atoms in total. The van der Waals surface area contributed by atoms with Crippen molar-refractivity contribution in [3.63, 3.8) is 0 Å². The maximum atomic E-state index is 12.9. The summed E-state index contributed by atoms with van der Waals surface area (Å²) in [6.45, 7) is 9.54. The number of nitrogens with two attached hydrogens (primary N) is 1. The fourth-order valence-electron chi connectivity index (χ4n) is 4.97. The van der Waals surface area contributed by atoms with Gasteiger partial charge in [-0.15, -0.1) is 17.8 Å². The molecule has 3 unspecified atom stereocenters.